The van der Waals surface area contributed by atoms with Gasteiger partial charge in [-0.05, 0) is 44.7 Å². The van der Waals surface area contributed by atoms with Crippen molar-refractivity contribution in [3.8, 4) is 5.69 Å². The predicted octanol–water partition coefficient (Wildman–Crippen LogP) is 1.10. The van der Waals surface area contributed by atoms with Crippen LogP contribution in [0.15, 0.2) is 30.3 Å². The molecule has 0 spiro atoms. The van der Waals surface area contributed by atoms with Crippen LogP contribution in [-0.4, -0.2) is 39.7 Å². The zero-order valence-corrected chi connectivity index (χ0v) is 12.0. The van der Waals surface area contributed by atoms with Crippen molar-refractivity contribution in [3.63, 3.8) is 0 Å². The van der Waals surface area contributed by atoms with Crippen LogP contribution in [0.2, 0.25) is 0 Å². The van der Waals surface area contributed by atoms with Crippen molar-refractivity contribution in [2.75, 3.05) is 13.6 Å². The Bertz CT molecular complexity index is 580. The number of aromatic nitrogens is 2. The van der Waals surface area contributed by atoms with E-state index in [9.17, 15) is 10.2 Å². The summed E-state index contributed by atoms with van der Waals surface area (Å²) in [4.78, 5) is 0. The third-order valence-electron chi connectivity index (χ3n) is 3.24. The van der Waals surface area contributed by atoms with Gasteiger partial charge in [-0.25, -0.2) is 4.68 Å². The second-order valence-electron chi connectivity index (χ2n) is 5.00. The van der Waals surface area contributed by atoms with Crippen molar-refractivity contribution in [2.24, 2.45) is 0 Å². The van der Waals surface area contributed by atoms with Crippen molar-refractivity contribution < 1.29 is 10.2 Å². The summed E-state index contributed by atoms with van der Waals surface area (Å²) in [6.45, 7) is 4.27. The number of aliphatic hydroxyl groups is 2. The topological polar surface area (TPSA) is 70.3 Å². The minimum atomic E-state index is -0.917. The van der Waals surface area contributed by atoms with Gasteiger partial charge in [-0.3, -0.25) is 0 Å². The van der Waals surface area contributed by atoms with Crippen LogP contribution >= 0.6 is 0 Å². The molecule has 5 nitrogen and oxygen atoms in total. The smallest absolute Gasteiger partial charge is 0.106 e. The highest BCUT2D eigenvalue weighted by Gasteiger charge is 2.18. The maximum Gasteiger partial charge on any atom is 0.106 e. The van der Waals surface area contributed by atoms with Crippen LogP contribution in [0.25, 0.3) is 5.69 Å². The molecule has 0 saturated heterocycles. The lowest BCUT2D eigenvalue weighted by molar-refractivity contribution is 0.0202. The molecule has 0 radical (unpaired) electrons. The zero-order valence-electron chi connectivity index (χ0n) is 12.0. The average Bonchev–Trinajstić information content (AvgIpc) is 2.77. The molecule has 5 heteroatoms. The van der Waals surface area contributed by atoms with Crippen LogP contribution in [0.1, 0.15) is 23.1 Å². The van der Waals surface area contributed by atoms with Gasteiger partial charge in [0.15, 0.2) is 0 Å². The lowest BCUT2D eigenvalue weighted by atomic mass is 10.0. The summed E-state index contributed by atoms with van der Waals surface area (Å²) in [6.07, 6.45) is -1.75. The molecule has 3 N–H and O–H groups in total. The fraction of sp³-hybridized carbons (Fsp3) is 0.400. The lowest BCUT2D eigenvalue weighted by Crippen LogP contribution is -2.29. The van der Waals surface area contributed by atoms with E-state index in [2.05, 4.69) is 10.4 Å². The van der Waals surface area contributed by atoms with E-state index in [0.29, 0.717) is 12.1 Å². The Kier molecular flexibility index (Phi) is 4.54. The molecule has 1 aromatic carbocycles. The number of benzene rings is 1. The molecule has 1 aromatic heterocycles. The summed E-state index contributed by atoms with van der Waals surface area (Å²) in [7, 11) is 1.74. The number of hydrogen-bond acceptors (Lipinski definition) is 4. The average molecular weight is 275 g/mol. The van der Waals surface area contributed by atoms with Gasteiger partial charge < -0.3 is 15.5 Å². The SMILES string of the molecule is CNCC(O)C(O)c1cccc(-n2nc(C)cc2C)c1. The van der Waals surface area contributed by atoms with Gasteiger partial charge in [0.2, 0.25) is 0 Å². The second kappa shape index (κ2) is 6.17. The van der Waals surface area contributed by atoms with Gasteiger partial charge >= 0.3 is 0 Å². The van der Waals surface area contributed by atoms with Gasteiger partial charge in [-0.15, -0.1) is 0 Å². The van der Waals surface area contributed by atoms with E-state index in [-0.39, 0.29) is 0 Å². The molecular weight excluding hydrogens is 254 g/mol. The third kappa shape index (κ3) is 3.07. The summed E-state index contributed by atoms with van der Waals surface area (Å²) in [6, 6.07) is 9.44. The highest BCUT2D eigenvalue weighted by Crippen LogP contribution is 2.20. The molecule has 0 aliphatic heterocycles. The Morgan fingerprint density at radius 2 is 2.00 bits per heavy atom. The van der Waals surface area contributed by atoms with E-state index < -0.39 is 12.2 Å². The number of nitrogens with zero attached hydrogens (tertiary/aromatic N) is 2. The molecule has 2 unspecified atom stereocenters. The highest BCUT2D eigenvalue weighted by molar-refractivity contribution is 5.38. The monoisotopic (exact) mass is 275 g/mol. The number of hydrogen-bond donors (Lipinski definition) is 3. The molecule has 0 saturated carbocycles. The van der Waals surface area contributed by atoms with Crippen LogP contribution in [0.5, 0.6) is 0 Å². The summed E-state index contributed by atoms with van der Waals surface area (Å²) < 4.78 is 1.83. The summed E-state index contributed by atoms with van der Waals surface area (Å²) >= 11 is 0. The van der Waals surface area contributed by atoms with Crippen LogP contribution in [0.4, 0.5) is 0 Å². The molecule has 0 bridgehead atoms. The van der Waals surface area contributed by atoms with Crippen molar-refractivity contribution in [1.82, 2.24) is 15.1 Å². The Balaban J connectivity index is 2.30. The van der Waals surface area contributed by atoms with Crippen LogP contribution in [0, 0.1) is 13.8 Å². The number of likely N-dealkylation sites (N-methyl/N-ethyl adjacent to an activating group) is 1. The molecule has 2 rings (SSSR count). The molecule has 2 aromatic rings. The molecule has 108 valence electrons. The molecule has 1 heterocycles. The first kappa shape index (κ1) is 14.7. The first-order chi connectivity index (χ1) is 9.52. The minimum Gasteiger partial charge on any atom is -0.389 e. The van der Waals surface area contributed by atoms with Crippen LogP contribution < -0.4 is 5.32 Å². The fourth-order valence-electron chi connectivity index (χ4n) is 2.27. The Morgan fingerprint density at radius 3 is 2.60 bits per heavy atom. The number of nitrogens with one attached hydrogen (secondary N) is 1. The Labute approximate surface area is 118 Å². The molecule has 20 heavy (non-hydrogen) atoms. The van der Waals surface area contributed by atoms with Crippen molar-refractivity contribution in [2.45, 2.75) is 26.1 Å². The molecule has 0 amide bonds. The third-order valence-corrected chi connectivity index (χ3v) is 3.24. The summed E-state index contributed by atoms with van der Waals surface area (Å²) in [5.41, 5.74) is 3.54. The maximum atomic E-state index is 10.1. The van der Waals surface area contributed by atoms with Crippen LogP contribution in [-0.2, 0) is 0 Å². The van der Waals surface area contributed by atoms with Crippen LogP contribution in [0.3, 0.4) is 0 Å². The quantitative estimate of drug-likeness (QED) is 0.764. The Morgan fingerprint density at radius 1 is 1.25 bits per heavy atom. The van der Waals surface area contributed by atoms with E-state index in [0.717, 1.165) is 17.1 Å². The number of aryl methyl sites for hydroxylation is 2. The van der Waals surface area contributed by atoms with E-state index in [4.69, 9.17) is 0 Å². The second-order valence-corrected chi connectivity index (χ2v) is 5.00. The van der Waals surface area contributed by atoms with Gasteiger partial charge in [0.05, 0.1) is 17.5 Å². The highest BCUT2D eigenvalue weighted by atomic mass is 16.3. The van der Waals surface area contributed by atoms with Crippen molar-refractivity contribution in [3.05, 3.63) is 47.3 Å². The normalized spacial score (nSPS) is 14.2. The van der Waals surface area contributed by atoms with Gasteiger partial charge in [0, 0.05) is 12.2 Å². The van der Waals surface area contributed by atoms with E-state index in [1.54, 1.807) is 13.1 Å². The lowest BCUT2D eigenvalue weighted by Gasteiger charge is -2.18. The standard InChI is InChI=1S/C15H21N3O2/c1-10-7-11(2)18(17-10)13-6-4-5-12(8-13)15(20)14(19)9-16-3/h4-8,14-16,19-20H,9H2,1-3H3. The van der Waals surface area contributed by atoms with E-state index in [1.807, 2.05) is 42.8 Å². The fourth-order valence-corrected chi connectivity index (χ4v) is 2.27. The summed E-state index contributed by atoms with van der Waals surface area (Å²) in [5, 5.41) is 27.3. The minimum absolute atomic E-state index is 0.339. The maximum absolute atomic E-state index is 10.1. The summed E-state index contributed by atoms with van der Waals surface area (Å²) in [5.74, 6) is 0. The van der Waals surface area contributed by atoms with E-state index >= 15 is 0 Å². The predicted molar refractivity (Wildman–Crippen MR) is 77.9 cm³/mol. The molecular formula is C15H21N3O2. The number of rotatable bonds is 5. The van der Waals surface area contributed by atoms with Crippen molar-refractivity contribution in [1.29, 1.82) is 0 Å². The van der Waals surface area contributed by atoms with Gasteiger partial charge in [-0.2, -0.15) is 5.10 Å². The molecule has 2 atom stereocenters. The van der Waals surface area contributed by atoms with Gasteiger partial charge in [0.25, 0.3) is 0 Å². The molecule has 0 aliphatic rings. The first-order valence-electron chi connectivity index (χ1n) is 6.67. The molecule has 0 aliphatic carbocycles. The number of aliphatic hydroxyl groups excluding tert-OH is 2. The van der Waals surface area contributed by atoms with Crippen molar-refractivity contribution >= 4 is 0 Å². The van der Waals surface area contributed by atoms with E-state index in [1.165, 1.54) is 0 Å². The molecule has 0 fully saturated rings. The Hall–Kier alpha value is -1.69. The first-order valence-corrected chi connectivity index (χ1v) is 6.67. The largest absolute Gasteiger partial charge is 0.389 e. The zero-order chi connectivity index (χ0) is 14.7. The van der Waals surface area contributed by atoms with Gasteiger partial charge in [-0.1, -0.05) is 12.1 Å². The van der Waals surface area contributed by atoms with Gasteiger partial charge in [0.1, 0.15) is 6.10 Å².